The number of nitrogens with zero attached hydrogens (tertiary/aromatic N) is 2. The number of carbonyl (C=O) groups is 2. The van der Waals surface area contributed by atoms with Crippen molar-refractivity contribution >= 4 is 39.4 Å². The summed E-state index contributed by atoms with van der Waals surface area (Å²) in [5, 5.41) is 6.50. The van der Waals surface area contributed by atoms with Crippen molar-refractivity contribution in [3.05, 3.63) is 84.2 Å². The first kappa shape index (κ1) is 28.1. The molecule has 1 atom stereocenters. The Kier molecular flexibility index (Phi) is 9.39. The van der Waals surface area contributed by atoms with Gasteiger partial charge in [0.2, 0.25) is 10.0 Å². The number of sulfonamides is 1. The number of anilines is 2. The van der Waals surface area contributed by atoms with Gasteiger partial charge in [0.25, 0.3) is 11.8 Å². The number of halogens is 1. The zero-order valence-electron chi connectivity index (χ0n) is 20.9. The van der Waals surface area contributed by atoms with Crippen LogP contribution in [0.4, 0.5) is 15.8 Å². The maximum atomic E-state index is 12.9. The number of benzene rings is 3. The first-order valence-electron chi connectivity index (χ1n) is 11.3. The van der Waals surface area contributed by atoms with Gasteiger partial charge in [-0.2, -0.15) is 5.10 Å². The molecule has 0 aromatic heterocycles. The standard InChI is InChI=1S/C26H27FN4O6S/c1-18(31(38(3,34)35)22-10-14-23(36-2)15-11-22)26(33)30-28-16-19-4-12-24(13-5-19)37-17-25(32)29-21-8-6-20(27)7-9-21/h4-16,18H,17H2,1-3H3,(H,29,32)(H,30,33)/b28-16-/t18-/m0/s1. The molecule has 0 saturated carbocycles. The van der Waals surface area contributed by atoms with Gasteiger partial charge in [0.15, 0.2) is 6.61 Å². The normalized spacial score (nSPS) is 12.0. The maximum absolute atomic E-state index is 12.9. The molecule has 0 aliphatic heterocycles. The molecule has 10 nitrogen and oxygen atoms in total. The summed E-state index contributed by atoms with van der Waals surface area (Å²) in [5.41, 5.74) is 3.73. The summed E-state index contributed by atoms with van der Waals surface area (Å²) in [4.78, 5) is 24.6. The largest absolute Gasteiger partial charge is 0.497 e. The summed E-state index contributed by atoms with van der Waals surface area (Å²) in [6, 6.07) is 17.1. The topological polar surface area (TPSA) is 126 Å². The van der Waals surface area contributed by atoms with Crippen LogP contribution in [-0.2, 0) is 19.6 Å². The van der Waals surface area contributed by atoms with E-state index in [9.17, 15) is 22.4 Å². The fourth-order valence-electron chi connectivity index (χ4n) is 3.33. The lowest BCUT2D eigenvalue weighted by atomic mass is 10.2. The Bertz CT molecular complexity index is 1380. The Morgan fingerprint density at radius 3 is 2.18 bits per heavy atom. The summed E-state index contributed by atoms with van der Waals surface area (Å²) in [5.74, 6) is -0.459. The summed E-state index contributed by atoms with van der Waals surface area (Å²) in [6.45, 7) is 1.21. The van der Waals surface area contributed by atoms with E-state index >= 15 is 0 Å². The molecule has 0 aliphatic carbocycles. The molecule has 0 radical (unpaired) electrons. The highest BCUT2D eigenvalue weighted by molar-refractivity contribution is 7.92. The van der Waals surface area contributed by atoms with Gasteiger partial charge in [-0.15, -0.1) is 0 Å². The second-order valence-corrected chi connectivity index (χ2v) is 9.94. The van der Waals surface area contributed by atoms with Gasteiger partial charge in [0, 0.05) is 5.69 Å². The quantitative estimate of drug-likeness (QED) is 0.283. The monoisotopic (exact) mass is 542 g/mol. The first-order chi connectivity index (χ1) is 18.1. The molecule has 200 valence electrons. The van der Waals surface area contributed by atoms with Crippen LogP contribution in [0.2, 0.25) is 0 Å². The van der Waals surface area contributed by atoms with Gasteiger partial charge < -0.3 is 14.8 Å². The minimum atomic E-state index is -3.77. The van der Waals surface area contributed by atoms with Crippen molar-refractivity contribution in [2.24, 2.45) is 5.10 Å². The van der Waals surface area contributed by atoms with Crippen LogP contribution in [-0.4, -0.2) is 52.5 Å². The predicted molar refractivity (Wildman–Crippen MR) is 142 cm³/mol. The van der Waals surface area contributed by atoms with Crippen LogP contribution in [0.1, 0.15) is 12.5 Å². The molecular formula is C26H27FN4O6S. The van der Waals surface area contributed by atoms with Gasteiger partial charge in [-0.05, 0) is 85.3 Å². The van der Waals surface area contributed by atoms with Gasteiger partial charge in [0.05, 0.1) is 25.3 Å². The SMILES string of the molecule is COc1ccc(N([C@@H](C)C(=O)N/N=C\c2ccc(OCC(=O)Nc3ccc(F)cc3)cc2)S(C)(=O)=O)cc1. The van der Waals surface area contributed by atoms with Gasteiger partial charge in [0.1, 0.15) is 23.4 Å². The van der Waals surface area contributed by atoms with Crippen LogP contribution < -0.4 is 24.5 Å². The molecule has 0 heterocycles. The van der Waals surface area contributed by atoms with E-state index in [1.165, 1.54) is 44.5 Å². The number of hydrogen-bond acceptors (Lipinski definition) is 7. The van der Waals surface area contributed by atoms with E-state index in [1.807, 2.05) is 0 Å². The van der Waals surface area contributed by atoms with E-state index in [4.69, 9.17) is 9.47 Å². The lowest BCUT2D eigenvalue weighted by Gasteiger charge is -2.27. The van der Waals surface area contributed by atoms with Gasteiger partial charge >= 0.3 is 0 Å². The lowest BCUT2D eigenvalue weighted by molar-refractivity contribution is -0.121. The molecule has 2 N–H and O–H groups in total. The summed E-state index contributed by atoms with van der Waals surface area (Å²) >= 11 is 0. The Morgan fingerprint density at radius 2 is 1.61 bits per heavy atom. The van der Waals surface area contributed by atoms with E-state index in [0.29, 0.717) is 28.4 Å². The molecule has 12 heteroatoms. The van der Waals surface area contributed by atoms with Gasteiger partial charge in [-0.3, -0.25) is 13.9 Å². The molecule has 0 spiro atoms. The molecule has 3 rings (SSSR count). The zero-order valence-corrected chi connectivity index (χ0v) is 21.7. The molecule has 0 saturated heterocycles. The molecular weight excluding hydrogens is 515 g/mol. The fourth-order valence-corrected chi connectivity index (χ4v) is 4.51. The van der Waals surface area contributed by atoms with Crippen LogP contribution in [0.25, 0.3) is 0 Å². The highest BCUT2D eigenvalue weighted by Gasteiger charge is 2.29. The molecule has 0 bridgehead atoms. The number of methoxy groups -OCH3 is 1. The third-order valence-electron chi connectivity index (χ3n) is 5.18. The number of hydrogen-bond donors (Lipinski definition) is 2. The van der Waals surface area contributed by atoms with E-state index in [2.05, 4.69) is 15.8 Å². The Balaban J connectivity index is 1.53. The highest BCUT2D eigenvalue weighted by atomic mass is 32.2. The van der Waals surface area contributed by atoms with Crippen LogP contribution in [0.3, 0.4) is 0 Å². The molecule has 0 aliphatic rings. The Labute approximate surface area is 220 Å². The molecule has 38 heavy (non-hydrogen) atoms. The van der Waals surface area contributed by atoms with E-state index < -0.39 is 33.7 Å². The number of carbonyl (C=O) groups excluding carboxylic acids is 2. The Morgan fingerprint density at radius 1 is 1.00 bits per heavy atom. The third-order valence-corrected chi connectivity index (χ3v) is 6.42. The predicted octanol–water partition coefficient (Wildman–Crippen LogP) is 3.16. The smallest absolute Gasteiger partial charge is 0.263 e. The zero-order chi connectivity index (χ0) is 27.7. The summed E-state index contributed by atoms with van der Waals surface area (Å²) < 4.78 is 49.2. The van der Waals surface area contributed by atoms with Crippen LogP contribution >= 0.6 is 0 Å². The lowest BCUT2D eigenvalue weighted by Crippen LogP contribution is -2.46. The fraction of sp³-hybridized carbons (Fsp3) is 0.192. The molecule has 2 amide bonds. The molecule has 3 aromatic rings. The number of nitrogens with one attached hydrogen (secondary N) is 2. The highest BCUT2D eigenvalue weighted by Crippen LogP contribution is 2.23. The summed E-state index contributed by atoms with van der Waals surface area (Å²) in [7, 11) is -2.28. The number of rotatable bonds is 11. The van der Waals surface area contributed by atoms with Crippen LogP contribution in [0.15, 0.2) is 77.9 Å². The van der Waals surface area contributed by atoms with Crippen molar-refractivity contribution in [3.63, 3.8) is 0 Å². The average molecular weight is 543 g/mol. The van der Waals surface area contributed by atoms with Crippen LogP contribution in [0, 0.1) is 5.82 Å². The number of ether oxygens (including phenoxy) is 2. The molecule has 0 fully saturated rings. The van der Waals surface area contributed by atoms with Gasteiger partial charge in [-0.1, -0.05) is 0 Å². The molecule has 0 unspecified atom stereocenters. The van der Waals surface area contributed by atoms with E-state index in [-0.39, 0.29) is 6.61 Å². The minimum absolute atomic E-state index is 0.246. The van der Waals surface area contributed by atoms with Crippen molar-refractivity contribution in [2.45, 2.75) is 13.0 Å². The van der Waals surface area contributed by atoms with E-state index in [0.717, 1.165) is 10.6 Å². The Hall–Kier alpha value is -4.45. The van der Waals surface area contributed by atoms with Gasteiger partial charge in [-0.25, -0.2) is 18.2 Å². The van der Waals surface area contributed by atoms with Crippen molar-refractivity contribution in [2.75, 3.05) is 29.6 Å². The third kappa shape index (κ3) is 8.03. The van der Waals surface area contributed by atoms with Crippen LogP contribution in [0.5, 0.6) is 11.5 Å². The average Bonchev–Trinajstić information content (AvgIpc) is 2.89. The minimum Gasteiger partial charge on any atom is -0.497 e. The number of hydrazone groups is 1. The van der Waals surface area contributed by atoms with E-state index in [1.54, 1.807) is 48.5 Å². The van der Waals surface area contributed by atoms with Crippen molar-refractivity contribution in [3.8, 4) is 11.5 Å². The second-order valence-electron chi connectivity index (χ2n) is 8.08. The second kappa shape index (κ2) is 12.7. The van der Waals surface area contributed by atoms with Crippen molar-refractivity contribution < 1.29 is 31.9 Å². The maximum Gasteiger partial charge on any atom is 0.263 e. The number of amides is 2. The van der Waals surface area contributed by atoms with Crippen molar-refractivity contribution in [1.82, 2.24) is 5.43 Å². The first-order valence-corrected chi connectivity index (χ1v) is 13.2. The summed E-state index contributed by atoms with van der Waals surface area (Å²) in [6.07, 6.45) is 2.40. The van der Waals surface area contributed by atoms with Crippen molar-refractivity contribution in [1.29, 1.82) is 0 Å². The molecule has 3 aromatic carbocycles.